The topological polar surface area (TPSA) is 67.1 Å². The Morgan fingerprint density at radius 3 is 2.50 bits per heavy atom. The SMILES string of the molecule is C=C=C(NC(=C)C1(C)CCCC2c3cc(C)ccc3CCC21)[C@@]1(C)CCCC2(C)c3cc(NC(=O)CCN)ccc3CCC21. The van der Waals surface area contributed by atoms with Crippen molar-refractivity contribution in [2.24, 2.45) is 28.4 Å². The number of aryl methyl sites for hydroxylation is 3. The van der Waals surface area contributed by atoms with Gasteiger partial charge in [0, 0.05) is 35.2 Å². The molecule has 4 nitrogen and oxygen atoms in total. The average molecular weight is 592 g/mol. The Hall–Kier alpha value is -3.07. The van der Waals surface area contributed by atoms with Crippen LogP contribution in [0.2, 0.25) is 0 Å². The van der Waals surface area contributed by atoms with Crippen molar-refractivity contribution in [2.75, 3.05) is 11.9 Å². The molecule has 0 aliphatic heterocycles. The monoisotopic (exact) mass is 591 g/mol. The molecular weight excluding hydrogens is 538 g/mol. The van der Waals surface area contributed by atoms with Crippen molar-refractivity contribution in [1.29, 1.82) is 0 Å². The average Bonchev–Trinajstić information content (AvgIpc) is 3.00. The van der Waals surface area contributed by atoms with Gasteiger partial charge in [0.1, 0.15) is 0 Å². The number of hydrogen-bond acceptors (Lipinski definition) is 3. The first kappa shape index (κ1) is 30.9. The number of anilines is 1. The summed E-state index contributed by atoms with van der Waals surface area (Å²) in [5.41, 5.74) is 19.5. The van der Waals surface area contributed by atoms with E-state index in [2.05, 4.69) is 87.0 Å². The van der Waals surface area contributed by atoms with Crippen LogP contribution in [0.5, 0.6) is 0 Å². The van der Waals surface area contributed by atoms with E-state index in [0.29, 0.717) is 30.7 Å². The van der Waals surface area contributed by atoms with Gasteiger partial charge in [-0.3, -0.25) is 4.79 Å². The molecule has 44 heavy (non-hydrogen) atoms. The number of carbonyl (C=O) groups excluding carboxylic acids is 1. The van der Waals surface area contributed by atoms with Crippen LogP contribution in [0, 0.1) is 29.6 Å². The van der Waals surface area contributed by atoms with E-state index in [0.717, 1.165) is 55.6 Å². The third kappa shape index (κ3) is 5.09. The number of hydrogen-bond donors (Lipinski definition) is 3. The Balaban J connectivity index is 1.27. The van der Waals surface area contributed by atoms with E-state index < -0.39 is 0 Å². The van der Waals surface area contributed by atoms with Gasteiger partial charge in [0.25, 0.3) is 0 Å². The number of carbonyl (C=O) groups is 1. The Bertz CT molecular complexity index is 1520. The molecule has 2 aromatic rings. The summed E-state index contributed by atoms with van der Waals surface area (Å²) in [6.45, 7) is 19.0. The summed E-state index contributed by atoms with van der Waals surface area (Å²) in [6.07, 6.45) is 12.0. The summed E-state index contributed by atoms with van der Waals surface area (Å²) in [4.78, 5) is 12.4. The van der Waals surface area contributed by atoms with E-state index in [9.17, 15) is 4.79 Å². The van der Waals surface area contributed by atoms with Crippen LogP contribution in [0.4, 0.5) is 5.69 Å². The molecule has 4 heteroatoms. The maximum atomic E-state index is 12.4. The molecule has 234 valence electrons. The summed E-state index contributed by atoms with van der Waals surface area (Å²) in [5.74, 6) is 1.62. The molecule has 1 amide bonds. The highest BCUT2D eigenvalue weighted by Gasteiger charge is 2.54. The van der Waals surface area contributed by atoms with Gasteiger partial charge in [-0.15, -0.1) is 5.73 Å². The maximum Gasteiger partial charge on any atom is 0.225 e. The van der Waals surface area contributed by atoms with E-state index in [1.807, 2.05) is 0 Å². The fraction of sp³-hybridized carbons (Fsp3) is 0.550. The van der Waals surface area contributed by atoms with Gasteiger partial charge in [-0.25, -0.2) is 0 Å². The Morgan fingerprint density at radius 1 is 0.977 bits per heavy atom. The lowest BCUT2D eigenvalue weighted by Crippen LogP contribution is -2.52. The van der Waals surface area contributed by atoms with Crippen LogP contribution in [0.1, 0.15) is 112 Å². The molecule has 4 aliphatic carbocycles. The summed E-state index contributed by atoms with van der Waals surface area (Å²) in [7, 11) is 0. The van der Waals surface area contributed by atoms with E-state index in [4.69, 9.17) is 12.3 Å². The number of allylic oxidation sites excluding steroid dienone is 2. The number of amides is 1. The quantitative estimate of drug-likeness (QED) is 0.283. The van der Waals surface area contributed by atoms with Crippen molar-refractivity contribution in [2.45, 2.75) is 110 Å². The van der Waals surface area contributed by atoms with Gasteiger partial charge < -0.3 is 16.4 Å². The molecule has 0 bridgehead atoms. The van der Waals surface area contributed by atoms with Crippen LogP contribution >= 0.6 is 0 Å². The molecule has 6 atom stereocenters. The number of benzene rings is 2. The van der Waals surface area contributed by atoms with Gasteiger partial charge >= 0.3 is 0 Å². The van der Waals surface area contributed by atoms with Crippen LogP contribution in [0.3, 0.4) is 0 Å². The predicted molar refractivity (Wildman–Crippen MR) is 182 cm³/mol. The van der Waals surface area contributed by atoms with Crippen molar-refractivity contribution in [3.63, 3.8) is 0 Å². The fourth-order valence-corrected chi connectivity index (χ4v) is 10.3. The summed E-state index contributed by atoms with van der Waals surface area (Å²) in [6, 6.07) is 13.7. The minimum absolute atomic E-state index is 0.00504. The second kappa shape index (κ2) is 11.7. The molecule has 2 fully saturated rings. The van der Waals surface area contributed by atoms with Crippen molar-refractivity contribution < 1.29 is 4.79 Å². The number of rotatable bonds is 7. The molecule has 5 unspecified atom stereocenters. The highest BCUT2D eigenvalue weighted by molar-refractivity contribution is 5.91. The van der Waals surface area contributed by atoms with E-state index in [1.165, 1.54) is 42.4 Å². The van der Waals surface area contributed by atoms with Gasteiger partial charge in [-0.2, -0.15) is 0 Å². The van der Waals surface area contributed by atoms with Crippen LogP contribution in [0.15, 0.2) is 66.7 Å². The van der Waals surface area contributed by atoms with Crippen LogP contribution in [-0.4, -0.2) is 12.5 Å². The summed E-state index contributed by atoms with van der Waals surface area (Å²) < 4.78 is 0. The number of nitrogens with one attached hydrogen (secondary N) is 2. The predicted octanol–water partition coefficient (Wildman–Crippen LogP) is 8.60. The maximum absolute atomic E-state index is 12.4. The van der Waals surface area contributed by atoms with Crippen LogP contribution in [0.25, 0.3) is 0 Å². The first-order chi connectivity index (χ1) is 21.0. The lowest BCUT2D eigenvalue weighted by molar-refractivity contribution is -0.116. The molecular formula is C40H53N3O. The standard InChI is InChI=1S/C40H53N3O/c1-7-36(42-27(3)38(4)20-8-10-31-32-24-26(2)11-12-28(32)14-17-33(31)38)40(6)22-9-21-39(5)34-25-30(43-37(44)19-23-41)16-13-29(34)15-18-35(39)40/h11-13,16,24-25,31,33,35,42H,1,3,8-10,14-15,17-23,41H2,2,4-6H3,(H,43,44)/t31?,33?,35?,38?,39?,40-/m0/s1. The van der Waals surface area contributed by atoms with Crippen molar-refractivity contribution in [3.05, 3.63) is 94.5 Å². The molecule has 0 saturated heterocycles. The minimum atomic E-state index is -0.0884. The second-order valence-electron chi connectivity index (χ2n) is 15.2. The molecule has 6 rings (SSSR count). The molecule has 0 spiro atoms. The molecule has 0 heterocycles. The Kier molecular flexibility index (Phi) is 8.22. The van der Waals surface area contributed by atoms with Gasteiger partial charge in [0.2, 0.25) is 5.91 Å². The third-order valence-corrected chi connectivity index (χ3v) is 12.7. The van der Waals surface area contributed by atoms with Crippen LogP contribution in [-0.2, 0) is 23.1 Å². The summed E-state index contributed by atoms with van der Waals surface area (Å²) in [5, 5.41) is 7.05. The van der Waals surface area contributed by atoms with Crippen molar-refractivity contribution in [1.82, 2.24) is 5.32 Å². The van der Waals surface area contributed by atoms with E-state index in [1.54, 1.807) is 11.1 Å². The van der Waals surface area contributed by atoms with Gasteiger partial charge in [0.05, 0.1) is 5.70 Å². The molecule has 0 radical (unpaired) electrons. The smallest absolute Gasteiger partial charge is 0.225 e. The number of nitrogens with two attached hydrogens (primary N) is 1. The Labute approximate surface area is 265 Å². The van der Waals surface area contributed by atoms with Gasteiger partial charge in [0.15, 0.2) is 0 Å². The van der Waals surface area contributed by atoms with Gasteiger partial charge in [-0.1, -0.05) is 76.6 Å². The number of fused-ring (bicyclic) bond motifs is 6. The molecule has 2 saturated carbocycles. The first-order valence-corrected chi connectivity index (χ1v) is 17.1. The second-order valence-corrected chi connectivity index (χ2v) is 15.2. The zero-order valence-corrected chi connectivity index (χ0v) is 27.6. The van der Waals surface area contributed by atoms with Crippen LogP contribution < -0.4 is 16.4 Å². The normalized spacial score (nSPS) is 32.2. The summed E-state index contributed by atoms with van der Waals surface area (Å²) >= 11 is 0. The lowest BCUT2D eigenvalue weighted by Gasteiger charge is -2.56. The zero-order chi connectivity index (χ0) is 31.3. The van der Waals surface area contributed by atoms with Gasteiger partial charge in [-0.05, 0) is 116 Å². The van der Waals surface area contributed by atoms with E-state index in [-0.39, 0.29) is 22.2 Å². The third-order valence-electron chi connectivity index (χ3n) is 12.7. The molecule has 4 N–H and O–H groups in total. The highest BCUT2D eigenvalue weighted by atomic mass is 16.1. The molecule has 4 aliphatic rings. The van der Waals surface area contributed by atoms with E-state index >= 15 is 0 Å². The largest absolute Gasteiger partial charge is 0.356 e. The Morgan fingerprint density at radius 2 is 1.73 bits per heavy atom. The van der Waals surface area contributed by atoms with Crippen molar-refractivity contribution >= 4 is 11.6 Å². The lowest BCUT2D eigenvalue weighted by atomic mass is 9.49. The fourth-order valence-electron chi connectivity index (χ4n) is 10.3. The zero-order valence-electron chi connectivity index (χ0n) is 27.6. The molecule has 2 aromatic carbocycles. The first-order valence-electron chi connectivity index (χ1n) is 17.1. The highest BCUT2D eigenvalue weighted by Crippen LogP contribution is 2.61. The minimum Gasteiger partial charge on any atom is -0.356 e. The van der Waals surface area contributed by atoms with Crippen molar-refractivity contribution in [3.8, 4) is 0 Å². The molecule has 0 aromatic heterocycles.